The van der Waals surface area contributed by atoms with E-state index in [4.69, 9.17) is 4.98 Å². The molecule has 118 valence electrons. The number of aromatic nitrogens is 1. The molecular weight excluding hydrogens is 280 g/mol. The zero-order valence-electron chi connectivity index (χ0n) is 13.3. The van der Waals surface area contributed by atoms with Crippen molar-refractivity contribution in [3.63, 3.8) is 0 Å². The smallest absolute Gasteiger partial charge is 0.107 e. The van der Waals surface area contributed by atoms with Crippen LogP contribution < -0.4 is 5.32 Å². The van der Waals surface area contributed by atoms with Crippen molar-refractivity contribution in [1.29, 1.82) is 0 Å². The van der Waals surface area contributed by atoms with Gasteiger partial charge in [0.05, 0.1) is 5.69 Å². The van der Waals surface area contributed by atoms with Gasteiger partial charge in [-0.1, -0.05) is 13.8 Å². The van der Waals surface area contributed by atoms with Gasteiger partial charge in [-0.15, -0.1) is 11.3 Å². The van der Waals surface area contributed by atoms with Crippen molar-refractivity contribution in [2.24, 2.45) is 5.92 Å². The van der Waals surface area contributed by atoms with Gasteiger partial charge in [0.2, 0.25) is 0 Å². The maximum absolute atomic E-state index is 4.75. The van der Waals surface area contributed by atoms with E-state index in [1.165, 1.54) is 56.3 Å². The lowest BCUT2D eigenvalue weighted by Gasteiger charge is -2.34. The van der Waals surface area contributed by atoms with Crippen LogP contribution in [0.1, 0.15) is 37.4 Å². The van der Waals surface area contributed by atoms with Gasteiger partial charge in [0.15, 0.2) is 0 Å². The molecule has 2 fully saturated rings. The minimum absolute atomic E-state index is 0.525. The molecule has 1 aromatic rings. The normalized spacial score (nSPS) is 21.3. The van der Waals surface area contributed by atoms with Crippen LogP contribution in [0, 0.1) is 5.92 Å². The predicted molar refractivity (Wildman–Crippen MR) is 88.5 cm³/mol. The zero-order chi connectivity index (χ0) is 14.7. The standard InChI is InChI=1S/C16H28N4S/c1-13(2)17-9-16-18-15(12-21-16)11-20-7-5-19(6-8-20)10-14-3-4-14/h12-14,17H,3-11H2,1-2H3. The molecule has 1 aromatic heterocycles. The van der Waals surface area contributed by atoms with Crippen molar-refractivity contribution in [1.82, 2.24) is 20.1 Å². The first-order valence-corrected chi connectivity index (χ1v) is 9.18. The first-order chi connectivity index (χ1) is 10.2. The van der Waals surface area contributed by atoms with E-state index in [0.29, 0.717) is 6.04 Å². The largest absolute Gasteiger partial charge is 0.308 e. The third kappa shape index (κ3) is 5.02. The van der Waals surface area contributed by atoms with Gasteiger partial charge in [0.1, 0.15) is 5.01 Å². The molecule has 1 saturated carbocycles. The summed E-state index contributed by atoms with van der Waals surface area (Å²) in [7, 11) is 0. The molecule has 0 aromatic carbocycles. The van der Waals surface area contributed by atoms with E-state index in [1.807, 2.05) is 0 Å². The van der Waals surface area contributed by atoms with Crippen LogP contribution in [0.15, 0.2) is 5.38 Å². The molecule has 2 aliphatic rings. The van der Waals surface area contributed by atoms with Gasteiger partial charge in [-0.25, -0.2) is 4.98 Å². The van der Waals surface area contributed by atoms with E-state index in [1.54, 1.807) is 11.3 Å². The first kappa shape index (κ1) is 15.4. The molecule has 0 unspecified atom stereocenters. The van der Waals surface area contributed by atoms with Crippen LogP contribution in [-0.2, 0) is 13.1 Å². The molecule has 5 heteroatoms. The first-order valence-electron chi connectivity index (χ1n) is 8.30. The van der Waals surface area contributed by atoms with Gasteiger partial charge in [-0.2, -0.15) is 0 Å². The topological polar surface area (TPSA) is 31.4 Å². The number of piperazine rings is 1. The third-order valence-corrected chi connectivity index (χ3v) is 5.22. The molecule has 0 spiro atoms. The number of hydrogen-bond acceptors (Lipinski definition) is 5. The Kier molecular flexibility index (Phi) is 5.27. The molecule has 4 nitrogen and oxygen atoms in total. The predicted octanol–water partition coefficient (Wildman–Crippen LogP) is 2.17. The summed E-state index contributed by atoms with van der Waals surface area (Å²) in [4.78, 5) is 9.95. The van der Waals surface area contributed by atoms with Crippen LogP contribution in [0.4, 0.5) is 0 Å². The number of nitrogens with one attached hydrogen (secondary N) is 1. The number of nitrogens with zero attached hydrogens (tertiary/aromatic N) is 3. The van der Waals surface area contributed by atoms with Crippen LogP contribution >= 0.6 is 11.3 Å². The van der Waals surface area contributed by atoms with Crippen LogP contribution in [-0.4, -0.2) is 53.5 Å². The van der Waals surface area contributed by atoms with Crippen molar-refractivity contribution >= 4 is 11.3 Å². The highest BCUT2D eigenvalue weighted by Gasteiger charge is 2.26. The Morgan fingerprint density at radius 1 is 1.24 bits per heavy atom. The zero-order valence-corrected chi connectivity index (χ0v) is 14.2. The Labute approximate surface area is 132 Å². The van der Waals surface area contributed by atoms with Crippen LogP contribution in [0.3, 0.4) is 0 Å². The van der Waals surface area contributed by atoms with E-state index in [9.17, 15) is 0 Å². The highest BCUT2D eigenvalue weighted by atomic mass is 32.1. The summed E-state index contributed by atoms with van der Waals surface area (Å²) in [5.74, 6) is 1.02. The fraction of sp³-hybridized carbons (Fsp3) is 0.812. The molecule has 3 rings (SSSR count). The second-order valence-electron chi connectivity index (χ2n) is 6.79. The molecule has 0 radical (unpaired) electrons. The molecule has 0 atom stereocenters. The SMILES string of the molecule is CC(C)NCc1nc(CN2CCN(CC3CC3)CC2)cs1. The summed E-state index contributed by atoms with van der Waals surface area (Å²) < 4.78 is 0. The molecule has 1 saturated heterocycles. The Morgan fingerprint density at radius 2 is 1.95 bits per heavy atom. The number of rotatable bonds is 7. The van der Waals surface area contributed by atoms with E-state index in [-0.39, 0.29) is 0 Å². The second-order valence-corrected chi connectivity index (χ2v) is 7.73. The monoisotopic (exact) mass is 308 g/mol. The lowest BCUT2D eigenvalue weighted by Crippen LogP contribution is -2.46. The molecule has 1 N–H and O–H groups in total. The average Bonchev–Trinajstić information content (AvgIpc) is 3.16. The molecule has 1 aliphatic carbocycles. The third-order valence-electron chi connectivity index (χ3n) is 4.32. The van der Waals surface area contributed by atoms with Crippen molar-refractivity contribution in [3.8, 4) is 0 Å². The van der Waals surface area contributed by atoms with Gasteiger partial charge in [0.25, 0.3) is 0 Å². The van der Waals surface area contributed by atoms with Crippen LogP contribution in [0.25, 0.3) is 0 Å². The highest BCUT2D eigenvalue weighted by Crippen LogP contribution is 2.30. The number of thiazole rings is 1. The summed E-state index contributed by atoms with van der Waals surface area (Å²) in [6.45, 7) is 12.5. The van der Waals surface area contributed by atoms with E-state index >= 15 is 0 Å². The Bertz CT molecular complexity index is 433. The molecular formula is C16H28N4S. The van der Waals surface area contributed by atoms with Gasteiger partial charge in [-0.05, 0) is 18.8 Å². The number of hydrogen-bond donors (Lipinski definition) is 1. The maximum atomic E-state index is 4.75. The lowest BCUT2D eigenvalue weighted by molar-refractivity contribution is 0.122. The van der Waals surface area contributed by atoms with Gasteiger partial charge >= 0.3 is 0 Å². The van der Waals surface area contributed by atoms with Crippen molar-refractivity contribution in [3.05, 3.63) is 16.1 Å². The van der Waals surface area contributed by atoms with Crippen LogP contribution in [0.5, 0.6) is 0 Å². The minimum Gasteiger partial charge on any atom is -0.308 e. The highest BCUT2D eigenvalue weighted by molar-refractivity contribution is 7.09. The Morgan fingerprint density at radius 3 is 2.62 bits per heavy atom. The summed E-state index contributed by atoms with van der Waals surface area (Å²) in [6.07, 6.45) is 2.93. The molecule has 1 aliphatic heterocycles. The minimum atomic E-state index is 0.525. The van der Waals surface area contributed by atoms with Gasteiger partial charge < -0.3 is 10.2 Å². The van der Waals surface area contributed by atoms with E-state index < -0.39 is 0 Å². The molecule has 2 heterocycles. The fourth-order valence-electron chi connectivity index (χ4n) is 2.82. The summed E-state index contributed by atoms with van der Waals surface area (Å²) in [5, 5.41) is 6.88. The average molecular weight is 308 g/mol. The quantitative estimate of drug-likeness (QED) is 0.836. The Hall–Kier alpha value is -0.490. The molecule has 0 bridgehead atoms. The second kappa shape index (κ2) is 7.18. The van der Waals surface area contributed by atoms with E-state index in [0.717, 1.165) is 19.0 Å². The Balaban J connectivity index is 1.40. The lowest BCUT2D eigenvalue weighted by atomic mass is 10.2. The van der Waals surface area contributed by atoms with Crippen molar-refractivity contribution in [2.75, 3.05) is 32.7 Å². The summed E-state index contributed by atoms with van der Waals surface area (Å²) in [6, 6.07) is 0.525. The van der Waals surface area contributed by atoms with Gasteiger partial charge in [-0.3, -0.25) is 4.90 Å². The summed E-state index contributed by atoms with van der Waals surface area (Å²) in [5.41, 5.74) is 1.25. The van der Waals surface area contributed by atoms with Crippen LogP contribution in [0.2, 0.25) is 0 Å². The van der Waals surface area contributed by atoms with Gasteiger partial charge in [0, 0.05) is 57.2 Å². The van der Waals surface area contributed by atoms with E-state index in [2.05, 4.69) is 34.3 Å². The van der Waals surface area contributed by atoms with Crippen molar-refractivity contribution < 1.29 is 0 Å². The van der Waals surface area contributed by atoms with Crippen molar-refractivity contribution in [2.45, 2.75) is 45.8 Å². The fourth-order valence-corrected chi connectivity index (χ4v) is 3.55. The molecule has 21 heavy (non-hydrogen) atoms. The summed E-state index contributed by atoms with van der Waals surface area (Å²) >= 11 is 1.79. The maximum Gasteiger partial charge on any atom is 0.107 e. The molecule has 0 amide bonds.